The van der Waals surface area contributed by atoms with Crippen molar-refractivity contribution in [3.8, 4) is 0 Å². The predicted octanol–water partition coefficient (Wildman–Crippen LogP) is 1.51. The van der Waals surface area contributed by atoms with Gasteiger partial charge in [0.1, 0.15) is 0 Å². The molecule has 3 nitrogen and oxygen atoms in total. The molecule has 0 aromatic carbocycles. The Morgan fingerprint density at radius 2 is 1.93 bits per heavy atom. The average Bonchev–Trinajstić information content (AvgIpc) is 2.93. The molecule has 0 aromatic rings. The van der Waals surface area contributed by atoms with Gasteiger partial charge in [-0.2, -0.15) is 0 Å². The molecule has 2 N–H and O–H groups in total. The van der Waals surface area contributed by atoms with Gasteiger partial charge in [0.15, 0.2) is 0 Å². The van der Waals surface area contributed by atoms with Crippen LogP contribution in [0.3, 0.4) is 0 Å². The van der Waals surface area contributed by atoms with E-state index in [1.165, 1.54) is 38.5 Å². The maximum atomic E-state index is 11.9. The van der Waals surface area contributed by atoms with E-state index in [1.807, 2.05) is 11.9 Å². The molecule has 0 aromatic heterocycles. The third kappa shape index (κ3) is 2.71. The SMILES string of the molecule is CN(C(=O)CC(N)C1CC1)C1CCCC1. The second kappa shape index (κ2) is 4.52. The summed E-state index contributed by atoms with van der Waals surface area (Å²) in [6.07, 6.45) is 7.91. The minimum Gasteiger partial charge on any atom is -0.343 e. The topological polar surface area (TPSA) is 46.3 Å². The van der Waals surface area contributed by atoms with E-state index in [0.717, 1.165) is 0 Å². The molecule has 0 aliphatic heterocycles. The van der Waals surface area contributed by atoms with E-state index in [1.54, 1.807) is 0 Å². The molecule has 0 bridgehead atoms. The highest BCUT2D eigenvalue weighted by molar-refractivity contribution is 5.77. The molecule has 2 aliphatic carbocycles. The molecule has 0 heterocycles. The van der Waals surface area contributed by atoms with Gasteiger partial charge in [-0.25, -0.2) is 0 Å². The van der Waals surface area contributed by atoms with Crippen molar-refractivity contribution in [1.82, 2.24) is 4.90 Å². The summed E-state index contributed by atoms with van der Waals surface area (Å²) in [5.74, 6) is 0.882. The molecule has 1 atom stereocenters. The molecule has 2 fully saturated rings. The van der Waals surface area contributed by atoms with Gasteiger partial charge in [0, 0.05) is 25.6 Å². The molecule has 1 unspecified atom stereocenters. The first kappa shape index (κ1) is 10.9. The van der Waals surface area contributed by atoms with Crippen LogP contribution in [-0.4, -0.2) is 29.9 Å². The molecule has 0 radical (unpaired) electrons. The van der Waals surface area contributed by atoms with Gasteiger partial charge in [-0.05, 0) is 31.6 Å². The summed E-state index contributed by atoms with van der Waals surface area (Å²) in [6, 6.07) is 0.602. The highest BCUT2D eigenvalue weighted by atomic mass is 16.2. The van der Waals surface area contributed by atoms with Gasteiger partial charge in [0.05, 0.1) is 0 Å². The van der Waals surface area contributed by atoms with Crippen molar-refractivity contribution in [2.45, 2.75) is 57.0 Å². The lowest BCUT2D eigenvalue weighted by molar-refractivity contribution is -0.132. The van der Waals surface area contributed by atoms with Crippen LogP contribution in [0.15, 0.2) is 0 Å². The summed E-state index contributed by atoms with van der Waals surface area (Å²) in [4.78, 5) is 13.9. The van der Waals surface area contributed by atoms with E-state index in [9.17, 15) is 4.79 Å². The van der Waals surface area contributed by atoms with Crippen LogP contribution in [-0.2, 0) is 4.79 Å². The van der Waals surface area contributed by atoms with Crippen molar-refractivity contribution < 1.29 is 4.79 Å². The van der Waals surface area contributed by atoms with Crippen LogP contribution in [0, 0.1) is 5.92 Å². The Morgan fingerprint density at radius 3 is 2.47 bits per heavy atom. The van der Waals surface area contributed by atoms with E-state index in [-0.39, 0.29) is 11.9 Å². The first-order valence-electron chi connectivity index (χ1n) is 6.19. The number of amides is 1. The fourth-order valence-electron chi connectivity index (χ4n) is 2.53. The zero-order valence-electron chi connectivity index (χ0n) is 9.61. The van der Waals surface area contributed by atoms with Crippen LogP contribution >= 0.6 is 0 Å². The lowest BCUT2D eigenvalue weighted by Gasteiger charge is -2.25. The molecular weight excluding hydrogens is 188 g/mol. The van der Waals surface area contributed by atoms with E-state index in [0.29, 0.717) is 18.4 Å². The van der Waals surface area contributed by atoms with Gasteiger partial charge in [0.2, 0.25) is 5.91 Å². The summed E-state index contributed by atoms with van der Waals surface area (Å²) >= 11 is 0. The zero-order chi connectivity index (χ0) is 10.8. The van der Waals surface area contributed by atoms with E-state index < -0.39 is 0 Å². The summed E-state index contributed by atoms with van der Waals surface area (Å²) in [6.45, 7) is 0. The van der Waals surface area contributed by atoms with Gasteiger partial charge < -0.3 is 10.6 Å². The maximum absolute atomic E-state index is 11.9. The molecule has 86 valence electrons. The summed E-state index contributed by atoms with van der Waals surface area (Å²) in [5, 5.41) is 0. The number of carbonyl (C=O) groups excluding carboxylic acids is 1. The second-order valence-corrected chi connectivity index (χ2v) is 5.15. The fraction of sp³-hybridized carbons (Fsp3) is 0.917. The number of hydrogen-bond donors (Lipinski definition) is 1. The number of nitrogens with two attached hydrogens (primary N) is 1. The average molecular weight is 210 g/mol. The molecule has 2 rings (SSSR count). The van der Waals surface area contributed by atoms with Crippen LogP contribution < -0.4 is 5.73 Å². The minimum atomic E-state index is 0.112. The van der Waals surface area contributed by atoms with E-state index in [4.69, 9.17) is 5.73 Å². The van der Waals surface area contributed by atoms with Crippen molar-refractivity contribution in [3.05, 3.63) is 0 Å². The Bertz CT molecular complexity index is 232. The smallest absolute Gasteiger partial charge is 0.224 e. The molecule has 2 saturated carbocycles. The van der Waals surface area contributed by atoms with Crippen molar-refractivity contribution in [2.24, 2.45) is 11.7 Å². The van der Waals surface area contributed by atoms with Crippen LogP contribution in [0.25, 0.3) is 0 Å². The third-order valence-electron chi connectivity index (χ3n) is 3.90. The molecule has 0 spiro atoms. The standard InChI is InChI=1S/C12H22N2O/c1-14(10-4-2-3-5-10)12(15)8-11(13)9-6-7-9/h9-11H,2-8,13H2,1H3. The maximum Gasteiger partial charge on any atom is 0.224 e. The Kier molecular flexibility index (Phi) is 3.29. The largest absolute Gasteiger partial charge is 0.343 e. The Labute approximate surface area is 92.0 Å². The van der Waals surface area contributed by atoms with E-state index in [2.05, 4.69) is 0 Å². The monoisotopic (exact) mass is 210 g/mol. The summed E-state index contributed by atoms with van der Waals surface area (Å²) in [7, 11) is 1.94. The Hall–Kier alpha value is -0.570. The molecule has 3 heteroatoms. The van der Waals surface area contributed by atoms with Gasteiger partial charge in [-0.3, -0.25) is 4.79 Å². The minimum absolute atomic E-state index is 0.112. The van der Waals surface area contributed by atoms with Crippen molar-refractivity contribution in [2.75, 3.05) is 7.05 Å². The molecule has 0 saturated heterocycles. The summed E-state index contributed by atoms with van der Waals surface area (Å²) < 4.78 is 0. The lowest BCUT2D eigenvalue weighted by atomic mass is 10.1. The van der Waals surface area contributed by atoms with Crippen molar-refractivity contribution >= 4 is 5.91 Å². The molecule has 1 amide bonds. The molecule has 2 aliphatic rings. The predicted molar refractivity (Wildman–Crippen MR) is 60.3 cm³/mol. The highest BCUT2D eigenvalue weighted by Gasteiger charge is 2.32. The second-order valence-electron chi connectivity index (χ2n) is 5.15. The molecular formula is C12H22N2O. The van der Waals surface area contributed by atoms with Crippen LogP contribution in [0.1, 0.15) is 44.9 Å². The number of hydrogen-bond acceptors (Lipinski definition) is 2. The number of carbonyl (C=O) groups is 1. The van der Waals surface area contributed by atoms with Gasteiger partial charge in [-0.15, -0.1) is 0 Å². The van der Waals surface area contributed by atoms with Crippen LogP contribution in [0.4, 0.5) is 0 Å². The Balaban J connectivity index is 1.78. The van der Waals surface area contributed by atoms with Gasteiger partial charge in [-0.1, -0.05) is 12.8 Å². The Morgan fingerprint density at radius 1 is 1.33 bits per heavy atom. The summed E-state index contributed by atoms with van der Waals surface area (Å²) in [5.41, 5.74) is 5.97. The van der Waals surface area contributed by atoms with E-state index >= 15 is 0 Å². The number of rotatable bonds is 4. The third-order valence-corrected chi connectivity index (χ3v) is 3.90. The van der Waals surface area contributed by atoms with Crippen molar-refractivity contribution in [3.63, 3.8) is 0 Å². The quantitative estimate of drug-likeness (QED) is 0.764. The van der Waals surface area contributed by atoms with Gasteiger partial charge in [0.25, 0.3) is 0 Å². The first-order chi connectivity index (χ1) is 7.18. The zero-order valence-corrected chi connectivity index (χ0v) is 9.61. The lowest BCUT2D eigenvalue weighted by Crippen LogP contribution is -2.39. The van der Waals surface area contributed by atoms with Gasteiger partial charge >= 0.3 is 0 Å². The first-order valence-corrected chi connectivity index (χ1v) is 6.19. The highest BCUT2D eigenvalue weighted by Crippen LogP contribution is 2.33. The van der Waals surface area contributed by atoms with Crippen molar-refractivity contribution in [1.29, 1.82) is 0 Å². The normalized spacial score (nSPS) is 24.1. The number of nitrogens with zero attached hydrogens (tertiary/aromatic N) is 1. The molecule has 15 heavy (non-hydrogen) atoms. The fourth-order valence-corrected chi connectivity index (χ4v) is 2.53. The van der Waals surface area contributed by atoms with Crippen LogP contribution in [0.2, 0.25) is 0 Å². The van der Waals surface area contributed by atoms with Crippen LogP contribution in [0.5, 0.6) is 0 Å².